The highest BCUT2D eigenvalue weighted by Gasteiger charge is 1.98. The fourth-order valence-electron chi connectivity index (χ4n) is 1.64. The van der Waals surface area contributed by atoms with Crippen molar-refractivity contribution in [1.82, 2.24) is 0 Å². The predicted octanol–water partition coefficient (Wildman–Crippen LogP) is 3.38. The Morgan fingerprint density at radius 3 is 2.20 bits per heavy atom. The zero-order valence-electron chi connectivity index (χ0n) is 10.5. The Kier molecular flexibility index (Phi) is 11.9. The topological polar surface area (TPSA) is 29.5 Å². The van der Waals surface area contributed by atoms with Gasteiger partial charge in [0.2, 0.25) is 0 Å². The van der Waals surface area contributed by atoms with Crippen LogP contribution in [-0.4, -0.2) is 24.9 Å². The van der Waals surface area contributed by atoms with Gasteiger partial charge in [0.05, 0.1) is 0 Å². The molecule has 0 amide bonds. The molecule has 1 atom stereocenters. The minimum atomic E-state index is 0.342. The number of hydrogen-bond acceptors (Lipinski definition) is 2. The fourth-order valence-corrected chi connectivity index (χ4v) is 1.64. The van der Waals surface area contributed by atoms with E-state index in [0.717, 1.165) is 13.2 Å². The smallest absolute Gasteiger partial charge is 0.0465 e. The van der Waals surface area contributed by atoms with Crippen LogP contribution in [0, 0.1) is 5.92 Å². The van der Waals surface area contributed by atoms with Crippen molar-refractivity contribution >= 4 is 0 Å². The number of ether oxygens (including phenoxy) is 1. The molecule has 0 spiro atoms. The van der Waals surface area contributed by atoms with E-state index in [-0.39, 0.29) is 0 Å². The first-order valence-corrected chi connectivity index (χ1v) is 6.49. The van der Waals surface area contributed by atoms with Crippen LogP contribution in [0.25, 0.3) is 0 Å². The number of unbranched alkanes of at least 4 members (excludes halogenated alkanes) is 5. The molecule has 0 aromatic carbocycles. The van der Waals surface area contributed by atoms with Crippen molar-refractivity contribution in [3.63, 3.8) is 0 Å². The molecule has 2 nitrogen and oxygen atoms in total. The molecule has 0 rings (SSSR count). The largest absolute Gasteiger partial charge is 0.396 e. The summed E-state index contributed by atoms with van der Waals surface area (Å²) < 4.78 is 5.28. The second-order valence-corrected chi connectivity index (χ2v) is 4.39. The summed E-state index contributed by atoms with van der Waals surface area (Å²) >= 11 is 0. The summed E-state index contributed by atoms with van der Waals surface area (Å²) in [6.07, 6.45) is 8.95. The highest BCUT2D eigenvalue weighted by atomic mass is 16.5. The van der Waals surface area contributed by atoms with Crippen molar-refractivity contribution in [1.29, 1.82) is 0 Å². The maximum atomic E-state index is 8.84. The molecule has 1 unspecified atom stereocenters. The first kappa shape index (κ1) is 14.9. The Hall–Kier alpha value is -0.0800. The number of aliphatic hydroxyl groups is 1. The zero-order chi connectivity index (χ0) is 11.4. The van der Waals surface area contributed by atoms with Crippen LogP contribution in [0.1, 0.15) is 58.8 Å². The Balaban J connectivity index is 2.92. The number of rotatable bonds is 11. The first-order chi connectivity index (χ1) is 7.31. The first-order valence-electron chi connectivity index (χ1n) is 6.49. The Bertz CT molecular complexity index is 115. The Labute approximate surface area is 95.0 Å². The zero-order valence-corrected chi connectivity index (χ0v) is 10.5. The van der Waals surface area contributed by atoms with Crippen LogP contribution in [0.5, 0.6) is 0 Å². The van der Waals surface area contributed by atoms with Gasteiger partial charge < -0.3 is 9.84 Å². The van der Waals surface area contributed by atoms with Crippen molar-refractivity contribution in [2.24, 2.45) is 5.92 Å². The van der Waals surface area contributed by atoms with Crippen molar-refractivity contribution in [3.8, 4) is 0 Å². The summed E-state index contributed by atoms with van der Waals surface area (Å²) in [5.41, 5.74) is 0. The molecule has 0 aliphatic heterocycles. The molecule has 0 saturated carbocycles. The monoisotopic (exact) mass is 216 g/mol. The van der Waals surface area contributed by atoms with Gasteiger partial charge >= 0.3 is 0 Å². The van der Waals surface area contributed by atoms with Crippen LogP contribution in [0.4, 0.5) is 0 Å². The van der Waals surface area contributed by atoms with E-state index in [1.54, 1.807) is 0 Å². The lowest BCUT2D eigenvalue weighted by molar-refractivity contribution is 0.143. The summed E-state index contributed by atoms with van der Waals surface area (Å²) in [5.74, 6) is 0.489. The molecule has 0 aliphatic rings. The fraction of sp³-hybridized carbons (Fsp3) is 1.00. The van der Waals surface area contributed by atoms with Gasteiger partial charge in [0, 0.05) is 19.8 Å². The van der Waals surface area contributed by atoms with Crippen LogP contribution < -0.4 is 0 Å². The molecule has 2 heteroatoms. The molecule has 92 valence electrons. The third-order valence-electron chi connectivity index (χ3n) is 2.75. The lowest BCUT2D eigenvalue weighted by atomic mass is 10.0. The van der Waals surface area contributed by atoms with E-state index in [0.29, 0.717) is 12.5 Å². The summed E-state index contributed by atoms with van der Waals surface area (Å²) in [6.45, 7) is 6.27. The summed E-state index contributed by atoms with van der Waals surface area (Å²) in [5, 5.41) is 8.84. The van der Waals surface area contributed by atoms with Crippen LogP contribution in [0.15, 0.2) is 0 Å². The molecule has 0 aromatic rings. The van der Waals surface area contributed by atoms with Gasteiger partial charge in [0.1, 0.15) is 0 Å². The van der Waals surface area contributed by atoms with Gasteiger partial charge in [-0.05, 0) is 25.7 Å². The quantitative estimate of drug-likeness (QED) is 0.536. The number of aliphatic hydroxyl groups excluding tert-OH is 1. The average Bonchev–Trinajstić information content (AvgIpc) is 2.26. The molecular weight excluding hydrogens is 188 g/mol. The standard InChI is InChI=1S/C13H28O2/c1-3-15-11-9-7-5-4-6-8-10-13(2)12-14/h13-14H,3-12H2,1-2H3. The molecule has 0 aromatic heterocycles. The lowest BCUT2D eigenvalue weighted by Gasteiger charge is -2.06. The van der Waals surface area contributed by atoms with E-state index in [1.165, 1.54) is 44.9 Å². The van der Waals surface area contributed by atoms with E-state index in [9.17, 15) is 0 Å². The van der Waals surface area contributed by atoms with Gasteiger partial charge in [-0.15, -0.1) is 0 Å². The third-order valence-corrected chi connectivity index (χ3v) is 2.75. The maximum absolute atomic E-state index is 8.84. The van der Waals surface area contributed by atoms with E-state index >= 15 is 0 Å². The SMILES string of the molecule is CCOCCCCCCCCC(C)CO. The normalized spacial score (nSPS) is 13.0. The Morgan fingerprint density at radius 1 is 1.00 bits per heavy atom. The van der Waals surface area contributed by atoms with Crippen LogP contribution in [0.2, 0.25) is 0 Å². The van der Waals surface area contributed by atoms with E-state index in [2.05, 4.69) is 6.92 Å². The van der Waals surface area contributed by atoms with Crippen molar-refractivity contribution < 1.29 is 9.84 Å². The van der Waals surface area contributed by atoms with Gasteiger partial charge in [0.25, 0.3) is 0 Å². The van der Waals surface area contributed by atoms with Gasteiger partial charge in [-0.25, -0.2) is 0 Å². The van der Waals surface area contributed by atoms with Gasteiger partial charge in [0.15, 0.2) is 0 Å². The molecule has 0 radical (unpaired) electrons. The minimum absolute atomic E-state index is 0.342. The van der Waals surface area contributed by atoms with E-state index < -0.39 is 0 Å². The van der Waals surface area contributed by atoms with Crippen molar-refractivity contribution in [2.75, 3.05) is 19.8 Å². The number of hydrogen-bond donors (Lipinski definition) is 1. The van der Waals surface area contributed by atoms with E-state index in [1.807, 2.05) is 6.92 Å². The third kappa shape index (κ3) is 11.8. The highest BCUT2D eigenvalue weighted by Crippen LogP contribution is 2.11. The summed E-state index contributed by atoms with van der Waals surface area (Å²) in [4.78, 5) is 0. The average molecular weight is 216 g/mol. The second kappa shape index (κ2) is 12.0. The van der Waals surface area contributed by atoms with E-state index in [4.69, 9.17) is 9.84 Å². The highest BCUT2D eigenvalue weighted by molar-refractivity contribution is 4.51. The molecular formula is C13H28O2. The van der Waals surface area contributed by atoms with Crippen molar-refractivity contribution in [2.45, 2.75) is 58.8 Å². The van der Waals surface area contributed by atoms with Crippen LogP contribution >= 0.6 is 0 Å². The van der Waals surface area contributed by atoms with Crippen molar-refractivity contribution in [3.05, 3.63) is 0 Å². The van der Waals surface area contributed by atoms with Crippen LogP contribution in [-0.2, 0) is 4.74 Å². The molecule has 1 N–H and O–H groups in total. The molecule has 15 heavy (non-hydrogen) atoms. The maximum Gasteiger partial charge on any atom is 0.0465 e. The molecule has 0 fully saturated rings. The van der Waals surface area contributed by atoms with Gasteiger partial charge in [-0.2, -0.15) is 0 Å². The van der Waals surface area contributed by atoms with Gasteiger partial charge in [-0.3, -0.25) is 0 Å². The second-order valence-electron chi connectivity index (χ2n) is 4.39. The summed E-state index contributed by atoms with van der Waals surface area (Å²) in [6, 6.07) is 0. The Morgan fingerprint density at radius 2 is 1.60 bits per heavy atom. The molecule has 0 saturated heterocycles. The lowest BCUT2D eigenvalue weighted by Crippen LogP contribution is -1.99. The predicted molar refractivity (Wildman–Crippen MR) is 65.1 cm³/mol. The van der Waals surface area contributed by atoms with Gasteiger partial charge in [-0.1, -0.05) is 39.0 Å². The summed E-state index contributed by atoms with van der Waals surface area (Å²) in [7, 11) is 0. The van der Waals surface area contributed by atoms with Crippen LogP contribution in [0.3, 0.4) is 0 Å². The molecule has 0 heterocycles. The molecule has 0 bridgehead atoms. The minimum Gasteiger partial charge on any atom is -0.396 e. The molecule has 0 aliphatic carbocycles.